The highest BCUT2D eigenvalue weighted by Gasteiger charge is 2.18. The molecule has 1 aliphatic rings. The van der Waals surface area contributed by atoms with Crippen LogP contribution in [0.4, 0.5) is 0 Å². The summed E-state index contributed by atoms with van der Waals surface area (Å²) in [5, 5.41) is 12.4. The van der Waals surface area contributed by atoms with Crippen LogP contribution in [0.5, 0.6) is 0 Å². The molecule has 2 N–H and O–H groups in total. The smallest absolute Gasteiger partial charge is 0.220 e. The summed E-state index contributed by atoms with van der Waals surface area (Å²) in [6.07, 6.45) is 4.34. The lowest BCUT2D eigenvalue weighted by Crippen LogP contribution is -2.23. The van der Waals surface area contributed by atoms with Gasteiger partial charge in [0, 0.05) is 18.5 Å². The first-order chi connectivity index (χ1) is 11.8. The van der Waals surface area contributed by atoms with Crippen molar-refractivity contribution in [2.45, 2.75) is 38.6 Å². The molecule has 0 atom stereocenters. The summed E-state index contributed by atoms with van der Waals surface area (Å²) >= 11 is 1.65. The number of carbonyl (C=O) groups is 1. The Balaban J connectivity index is 1.27. The van der Waals surface area contributed by atoms with Gasteiger partial charge in [-0.05, 0) is 48.4 Å². The van der Waals surface area contributed by atoms with Gasteiger partial charge in [0.25, 0.3) is 0 Å². The van der Waals surface area contributed by atoms with Crippen molar-refractivity contribution in [2.75, 3.05) is 0 Å². The van der Waals surface area contributed by atoms with E-state index < -0.39 is 0 Å². The van der Waals surface area contributed by atoms with Crippen LogP contribution in [0, 0.1) is 0 Å². The average Bonchev–Trinajstić information content (AvgIpc) is 3.36. The number of fused-ring (bicyclic) bond motifs is 1. The van der Waals surface area contributed by atoms with Crippen LogP contribution < -0.4 is 5.32 Å². The Morgan fingerprint density at radius 2 is 2.29 bits per heavy atom. The largest absolute Gasteiger partial charge is 0.460 e. The number of aryl methyl sites for hydroxylation is 2. The fourth-order valence-electron chi connectivity index (χ4n) is 3.11. The number of carbonyl (C=O) groups excluding carboxylic acids is 1. The Hall–Kier alpha value is -2.34. The molecule has 0 saturated heterocycles. The van der Waals surface area contributed by atoms with Gasteiger partial charge in [0.2, 0.25) is 5.91 Å². The number of aromatic nitrogens is 2. The third-order valence-corrected chi connectivity index (χ3v) is 5.25. The molecule has 1 amide bonds. The zero-order valence-corrected chi connectivity index (χ0v) is 14.1. The molecule has 0 saturated carbocycles. The predicted molar refractivity (Wildman–Crippen MR) is 92.8 cm³/mol. The number of aromatic amines is 1. The van der Waals surface area contributed by atoms with Crippen molar-refractivity contribution in [1.29, 1.82) is 0 Å². The molecule has 24 heavy (non-hydrogen) atoms. The molecule has 4 rings (SSSR count). The number of H-pyrrole nitrogens is 1. The molecular weight excluding hydrogens is 322 g/mol. The SMILES string of the molecule is O=C(CCc1ccc(-c2cccs2)o1)NCc1n[nH]c2c1CCC2. The van der Waals surface area contributed by atoms with Crippen LogP contribution in [0.25, 0.3) is 10.6 Å². The lowest BCUT2D eigenvalue weighted by molar-refractivity contribution is -0.121. The normalized spacial score (nSPS) is 13.2. The summed E-state index contributed by atoms with van der Waals surface area (Å²) in [6.45, 7) is 0.503. The topological polar surface area (TPSA) is 70.9 Å². The Labute approximate surface area is 144 Å². The van der Waals surface area contributed by atoms with E-state index >= 15 is 0 Å². The van der Waals surface area contributed by atoms with Gasteiger partial charge in [-0.2, -0.15) is 5.10 Å². The van der Waals surface area contributed by atoms with E-state index in [0.29, 0.717) is 19.4 Å². The minimum Gasteiger partial charge on any atom is -0.460 e. The molecule has 6 heteroatoms. The third-order valence-electron chi connectivity index (χ3n) is 4.37. The van der Waals surface area contributed by atoms with Crippen LogP contribution in [0.2, 0.25) is 0 Å². The van der Waals surface area contributed by atoms with Gasteiger partial charge in [-0.15, -0.1) is 11.3 Å². The maximum atomic E-state index is 12.1. The maximum Gasteiger partial charge on any atom is 0.220 e. The Morgan fingerprint density at radius 1 is 1.33 bits per heavy atom. The summed E-state index contributed by atoms with van der Waals surface area (Å²) in [4.78, 5) is 13.2. The molecule has 5 nitrogen and oxygen atoms in total. The van der Waals surface area contributed by atoms with Crippen LogP contribution in [0.3, 0.4) is 0 Å². The average molecular weight is 341 g/mol. The van der Waals surface area contributed by atoms with Crippen molar-refractivity contribution in [1.82, 2.24) is 15.5 Å². The fourth-order valence-corrected chi connectivity index (χ4v) is 3.79. The van der Waals surface area contributed by atoms with Crippen molar-refractivity contribution in [3.05, 3.63) is 52.4 Å². The van der Waals surface area contributed by atoms with Crippen molar-refractivity contribution in [3.63, 3.8) is 0 Å². The lowest BCUT2D eigenvalue weighted by atomic mass is 10.2. The zero-order valence-electron chi connectivity index (χ0n) is 13.3. The van der Waals surface area contributed by atoms with E-state index in [1.807, 2.05) is 29.6 Å². The van der Waals surface area contributed by atoms with Gasteiger partial charge in [-0.25, -0.2) is 0 Å². The molecule has 0 aromatic carbocycles. The number of nitrogens with one attached hydrogen (secondary N) is 2. The van der Waals surface area contributed by atoms with Crippen LogP contribution in [-0.4, -0.2) is 16.1 Å². The third kappa shape index (κ3) is 3.14. The highest BCUT2D eigenvalue weighted by atomic mass is 32.1. The molecule has 3 aromatic heterocycles. The second kappa shape index (κ2) is 6.65. The molecule has 0 spiro atoms. The number of thiophene rings is 1. The first kappa shape index (κ1) is 15.2. The number of amides is 1. The zero-order chi connectivity index (χ0) is 16.4. The molecule has 1 aliphatic carbocycles. The first-order valence-corrected chi connectivity index (χ1v) is 9.12. The van der Waals surface area contributed by atoms with Gasteiger partial charge in [-0.1, -0.05) is 6.07 Å². The first-order valence-electron chi connectivity index (χ1n) is 8.24. The van der Waals surface area contributed by atoms with Gasteiger partial charge in [0.05, 0.1) is 17.1 Å². The van der Waals surface area contributed by atoms with Gasteiger partial charge in [-0.3, -0.25) is 9.89 Å². The minimum atomic E-state index is 0.0267. The minimum absolute atomic E-state index is 0.0267. The Bertz CT molecular complexity index is 832. The van der Waals surface area contributed by atoms with Gasteiger partial charge in [0.1, 0.15) is 11.5 Å². The van der Waals surface area contributed by atoms with E-state index in [4.69, 9.17) is 4.42 Å². The van der Waals surface area contributed by atoms with Crippen molar-refractivity contribution in [3.8, 4) is 10.6 Å². The summed E-state index contributed by atoms with van der Waals surface area (Å²) in [7, 11) is 0. The molecule has 124 valence electrons. The number of rotatable bonds is 6. The molecule has 0 fully saturated rings. The van der Waals surface area contributed by atoms with Crippen LogP contribution in [-0.2, 0) is 30.6 Å². The second-order valence-corrected chi connectivity index (χ2v) is 6.95. The van der Waals surface area contributed by atoms with Gasteiger partial charge >= 0.3 is 0 Å². The quantitative estimate of drug-likeness (QED) is 0.721. The molecule has 3 aromatic rings. The fraction of sp³-hybridized carbons (Fsp3) is 0.333. The summed E-state index contributed by atoms with van der Waals surface area (Å²) in [5.41, 5.74) is 3.51. The summed E-state index contributed by atoms with van der Waals surface area (Å²) < 4.78 is 5.80. The van der Waals surface area contributed by atoms with Gasteiger partial charge < -0.3 is 9.73 Å². The highest BCUT2D eigenvalue weighted by molar-refractivity contribution is 7.13. The monoisotopic (exact) mass is 341 g/mol. The van der Waals surface area contributed by atoms with Crippen LogP contribution >= 0.6 is 11.3 Å². The number of nitrogens with zero attached hydrogens (tertiary/aromatic N) is 1. The molecule has 0 bridgehead atoms. The lowest BCUT2D eigenvalue weighted by Gasteiger charge is -2.03. The van der Waals surface area contributed by atoms with Crippen molar-refractivity contribution in [2.24, 2.45) is 0 Å². The van der Waals surface area contributed by atoms with Crippen LogP contribution in [0.1, 0.15) is 35.6 Å². The second-order valence-electron chi connectivity index (χ2n) is 6.00. The van der Waals surface area contributed by atoms with Crippen molar-refractivity contribution >= 4 is 17.2 Å². The van der Waals surface area contributed by atoms with E-state index in [1.54, 1.807) is 11.3 Å². The predicted octanol–water partition coefficient (Wildman–Crippen LogP) is 3.47. The molecule has 0 aliphatic heterocycles. The summed E-state index contributed by atoms with van der Waals surface area (Å²) in [5.74, 6) is 1.74. The Morgan fingerprint density at radius 3 is 3.17 bits per heavy atom. The van der Waals surface area contributed by atoms with Crippen LogP contribution in [0.15, 0.2) is 34.1 Å². The molecule has 0 unspecified atom stereocenters. The van der Waals surface area contributed by atoms with Gasteiger partial charge in [0.15, 0.2) is 0 Å². The van der Waals surface area contributed by atoms with Crippen molar-refractivity contribution < 1.29 is 9.21 Å². The van der Waals surface area contributed by atoms with E-state index in [2.05, 4.69) is 15.5 Å². The number of hydrogen-bond donors (Lipinski definition) is 2. The highest BCUT2D eigenvalue weighted by Crippen LogP contribution is 2.27. The van der Waals surface area contributed by atoms with E-state index in [-0.39, 0.29) is 5.91 Å². The van der Waals surface area contributed by atoms with E-state index in [0.717, 1.165) is 34.9 Å². The molecule has 3 heterocycles. The number of furan rings is 1. The summed E-state index contributed by atoms with van der Waals surface area (Å²) in [6, 6.07) is 7.94. The van der Waals surface area contributed by atoms with E-state index in [1.165, 1.54) is 17.7 Å². The standard InChI is InChI=1S/C18H19N3O2S/c22-18(19-11-15-13-3-1-4-14(13)20-21-15)9-7-12-6-8-16(23-12)17-5-2-10-24-17/h2,5-6,8,10H,1,3-4,7,9,11H2,(H,19,22)(H,20,21). The molecule has 0 radical (unpaired) electrons. The number of hydrogen-bond acceptors (Lipinski definition) is 4. The maximum absolute atomic E-state index is 12.1. The molecular formula is C18H19N3O2S. The van der Waals surface area contributed by atoms with E-state index in [9.17, 15) is 4.79 Å². The Kier molecular flexibility index (Phi) is 4.21.